The molecule has 2 heterocycles. The van der Waals surface area contributed by atoms with Crippen molar-refractivity contribution >= 4 is 0 Å². The van der Waals surface area contributed by atoms with Gasteiger partial charge in [-0.05, 0) is 44.8 Å². The summed E-state index contributed by atoms with van der Waals surface area (Å²) in [6, 6.07) is 3.46. The second kappa shape index (κ2) is 5.45. The molecule has 0 spiro atoms. The zero-order valence-electron chi connectivity index (χ0n) is 11.3. The van der Waals surface area contributed by atoms with Crippen LogP contribution >= 0.6 is 0 Å². The van der Waals surface area contributed by atoms with Gasteiger partial charge in [-0.3, -0.25) is 4.90 Å². The van der Waals surface area contributed by atoms with E-state index in [2.05, 4.69) is 23.2 Å². The van der Waals surface area contributed by atoms with Crippen LogP contribution in [0, 0.1) is 0 Å². The first-order valence-electron chi connectivity index (χ1n) is 7.42. The van der Waals surface area contributed by atoms with E-state index in [1.807, 2.05) is 6.26 Å². The number of nitrogens with one attached hydrogen (secondary N) is 1. The van der Waals surface area contributed by atoms with Gasteiger partial charge in [0.15, 0.2) is 0 Å². The molecular weight excluding hydrogens is 224 g/mol. The monoisotopic (exact) mass is 248 g/mol. The lowest BCUT2D eigenvalue weighted by molar-refractivity contribution is 0.169. The minimum absolute atomic E-state index is 0.583. The van der Waals surface area contributed by atoms with Gasteiger partial charge in [0.2, 0.25) is 0 Å². The molecule has 1 aliphatic carbocycles. The topological polar surface area (TPSA) is 28.4 Å². The molecule has 1 aromatic heterocycles. The highest BCUT2D eigenvalue weighted by molar-refractivity contribution is 5.24. The van der Waals surface area contributed by atoms with E-state index in [9.17, 15) is 0 Å². The number of rotatable bonds is 4. The third-order valence-electron chi connectivity index (χ3n) is 4.48. The van der Waals surface area contributed by atoms with Gasteiger partial charge in [-0.25, -0.2) is 0 Å². The highest BCUT2D eigenvalue weighted by Crippen LogP contribution is 2.35. The van der Waals surface area contributed by atoms with Crippen molar-refractivity contribution in [3.63, 3.8) is 0 Å². The fourth-order valence-corrected chi connectivity index (χ4v) is 3.51. The zero-order chi connectivity index (χ0) is 12.4. The van der Waals surface area contributed by atoms with Crippen LogP contribution < -0.4 is 5.32 Å². The Kier molecular flexibility index (Phi) is 3.71. The smallest absolute Gasteiger partial charge is 0.108 e. The maximum Gasteiger partial charge on any atom is 0.108 e. The fraction of sp³-hybridized carbons (Fsp3) is 0.733. The van der Waals surface area contributed by atoms with Crippen molar-refractivity contribution in [2.45, 2.75) is 51.1 Å². The summed E-state index contributed by atoms with van der Waals surface area (Å²) in [5.74, 6) is 1.23. The molecular formula is C15H24N2O. The molecule has 2 atom stereocenters. The molecule has 2 aliphatic rings. The van der Waals surface area contributed by atoms with Crippen LogP contribution in [0.5, 0.6) is 0 Å². The van der Waals surface area contributed by atoms with E-state index >= 15 is 0 Å². The van der Waals surface area contributed by atoms with E-state index in [1.165, 1.54) is 50.1 Å². The highest BCUT2D eigenvalue weighted by atomic mass is 16.3. The van der Waals surface area contributed by atoms with Gasteiger partial charge >= 0.3 is 0 Å². The van der Waals surface area contributed by atoms with Gasteiger partial charge in [0, 0.05) is 30.6 Å². The minimum Gasteiger partial charge on any atom is -0.469 e. The summed E-state index contributed by atoms with van der Waals surface area (Å²) in [6.07, 6.45) is 8.21. The van der Waals surface area contributed by atoms with Gasteiger partial charge in [-0.15, -0.1) is 0 Å². The predicted molar refractivity (Wildman–Crippen MR) is 72.7 cm³/mol. The Labute approximate surface area is 110 Å². The van der Waals surface area contributed by atoms with Gasteiger partial charge in [0.1, 0.15) is 5.76 Å². The summed E-state index contributed by atoms with van der Waals surface area (Å²) in [6.45, 7) is 5.80. The van der Waals surface area contributed by atoms with Crippen molar-refractivity contribution in [3.05, 3.63) is 23.7 Å². The number of hydrogen-bond acceptors (Lipinski definition) is 3. The van der Waals surface area contributed by atoms with Crippen LogP contribution in [-0.2, 0) is 6.42 Å². The molecule has 18 heavy (non-hydrogen) atoms. The molecule has 0 bridgehead atoms. The quantitative estimate of drug-likeness (QED) is 0.888. The Morgan fingerprint density at radius 1 is 1.39 bits per heavy atom. The van der Waals surface area contributed by atoms with Gasteiger partial charge in [0.05, 0.1) is 6.26 Å². The molecule has 0 aromatic carbocycles. The Balaban J connectivity index is 1.72. The molecule has 0 saturated carbocycles. The largest absolute Gasteiger partial charge is 0.469 e. The van der Waals surface area contributed by atoms with Crippen LogP contribution in [0.1, 0.15) is 50.0 Å². The van der Waals surface area contributed by atoms with E-state index in [4.69, 9.17) is 4.42 Å². The van der Waals surface area contributed by atoms with Crippen molar-refractivity contribution in [1.82, 2.24) is 10.2 Å². The Morgan fingerprint density at radius 3 is 3.11 bits per heavy atom. The maximum atomic E-state index is 5.61. The average Bonchev–Trinajstić information content (AvgIpc) is 3.06. The first kappa shape index (κ1) is 12.2. The molecule has 1 N–H and O–H groups in total. The average molecular weight is 248 g/mol. The van der Waals surface area contributed by atoms with Crippen molar-refractivity contribution in [1.29, 1.82) is 0 Å². The molecule has 1 saturated heterocycles. The van der Waals surface area contributed by atoms with Gasteiger partial charge in [0.25, 0.3) is 0 Å². The number of nitrogens with zero attached hydrogens (tertiary/aromatic N) is 1. The van der Waals surface area contributed by atoms with E-state index in [0.29, 0.717) is 12.1 Å². The van der Waals surface area contributed by atoms with Gasteiger partial charge in [-0.2, -0.15) is 0 Å². The van der Waals surface area contributed by atoms with Crippen LogP contribution in [0.3, 0.4) is 0 Å². The maximum absolute atomic E-state index is 5.61. The second-order valence-corrected chi connectivity index (χ2v) is 5.59. The standard InChI is InChI=1S/C15H24N2O/c1-2-17(11-12-5-4-9-16-12)14-6-3-7-15-13(14)8-10-18-15/h8,10,12,14,16H,2-7,9,11H2,1H3. The molecule has 1 aliphatic heterocycles. The second-order valence-electron chi connectivity index (χ2n) is 5.59. The van der Waals surface area contributed by atoms with E-state index in [1.54, 1.807) is 0 Å². The highest BCUT2D eigenvalue weighted by Gasteiger charge is 2.29. The molecule has 1 aromatic rings. The van der Waals surface area contributed by atoms with Crippen molar-refractivity contribution in [2.75, 3.05) is 19.6 Å². The zero-order valence-corrected chi connectivity index (χ0v) is 11.3. The molecule has 0 amide bonds. The van der Waals surface area contributed by atoms with Gasteiger partial charge < -0.3 is 9.73 Å². The summed E-state index contributed by atoms with van der Waals surface area (Å²) < 4.78 is 5.61. The number of fused-ring (bicyclic) bond motifs is 1. The number of hydrogen-bond donors (Lipinski definition) is 1. The van der Waals surface area contributed by atoms with Crippen LogP contribution in [0.25, 0.3) is 0 Å². The van der Waals surface area contributed by atoms with Crippen LogP contribution in [0.15, 0.2) is 16.7 Å². The first-order chi connectivity index (χ1) is 8.88. The summed E-state index contributed by atoms with van der Waals surface area (Å²) in [7, 11) is 0. The van der Waals surface area contributed by atoms with Gasteiger partial charge in [-0.1, -0.05) is 6.92 Å². The Bertz CT molecular complexity index is 382. The lowest BCUT2D eigenvalue weighted by Gasteiger charge is -2.34. The normalized spacial score (nSPS) is 27.7. The van der Waals surface area contributed by atoms with Crippen molar-refractivity contribution in [2.24, 2.45) is 0 Å². The minimum atomic E-state index is 0.583. The summed E-state index contributed by atoms with van der Waals surface area (Å²) in [5.41, 5.74) is 1.45. The summed E-state index contributed by atoms with van der Waals surface area (Å²) in [4.78, 5) is 2.64. The van der Waals surface area contributed by atoms with E-state index in [0.717, 1.165) is 13.0 Å². The predicted octanol–water partition coefficient (Wildman–Crippen LogP) is 2.73. The van der Waals surface area contributed by atoms with E-state index in [-0.39, 0.29) is 0 Å². The van der Waals surface area contributed by atoms with Crippen LogP contribution in [-0.4, -0.2) is 30.6 Å². The lowest BCUT2D eigenvalue weighted by Crippen LogP contribution is -2.40. The van der Waals surface area contributed by atoms with Crippen LogP contribution in [0.2, 0.25) is 0 Å². The molecule has 1 fully saturated rings. The third kappa shape index (κ3) is 2.34. The summed E-state index contributed by atoms with van der Waals surface area (Å²) in [5, 5.41) is 3.61. The molecule has 3 heteroatoms. The number of furan rings is 1. The molecule has 3 nitrogen and oxygen atoms in total. The molecule has 0 radical (unpaired) electrons. The van der Waals surface area contributed by atoms with Crippen LogP contribution in [0.4, 0.5) is 0 Å². The molecule has 2 unspecified atom stereocenters. The first-order valence-corrected chi connectivity index (χ1v) is 7.42. The SMILES string of the molecule is CCN(CC1CCCN1)C1CCCc2occc21. The fourth-order valence-electron chi connectivity index (χ4n) is 3.51. The third-order valence-corrected chi connectivity index (χ3v) is 4.48. The summed E-state index contributed by atoms with van der Waals surface area (Å²) >= 11 is 0. The van der Waals surface area contributed by atoms with Crippen molar-refractivity contribution < 1.29 is 4.42 Å². The van der Waals surface area contributed by atoms with E-state index < -0.39 is 0 Å². The Morgan fingerprint density at radius 2 is 2.33 bits per heavy atom. The number of aryl methyl sites for hydroxylation is 1. The number of likely N-dealkylation sites (N-methyl/N-ethyl adjacent to an activating group) is 1. The molecule has 3 rings (SSSR count). The Hall–Kier alpha value is -0.800. The lowest BCUT2D eigenvalue weighted by atomic mass is 9.92. The van der Waals surface area contributed by atoms with Crippen molar-refractivity contribution in [3.8, 4) is 0 Å². The molecule has 100 valence electrons.